The second kappa shape index (κ2) is 6.82. The zero-order valence-electron chi connectivity index (χ0n) is 13.6. The van der Waals surface area contributed by atoms with Crippen LogP contribution in [0, 0.1) is 5.82 Å². The van der Waals surface area contributed by atoms with E-state index >= 15 is 0 Å². The number of carbonyl (C=O) groups excluding carboxylic acids is 1. The van der Waals surface area contributed by atoms with Crippen molar-refractivity contribution < 1.29 is 14.3 Å². The second-order valence-corrected chi connectivity index (χ2v) is 5.85. The Labute approximate surface area is 144 Å². The van der Waals surface area contributed by atoms with Crippen molar-refractivity contribution in [1.29, 1.82) is 0 Å². The summed E-state index contributed by atoms with van der Waals surface area (Å²) in [5.41, 5.74) is 0.464. The second-order valence-electron chi connectivity index (χ2n) is 5.85. The largest absolute Gasteiger partial charge is 0.384 e. The molecule has 0 saturated heterocycles. The quantitative estimate of drug-likeness (QED) is 0.745. The number of nitrogens with zero attached hydrogens (tertiary/aromatic N) is 3. The maximum absolute atomic E-state index is 13.0. The van der Waals surface area contributed by atoms with E-state index in [4.69, 9.17) is 0 Å². The lowest BCUT2D eigenvalue weighted by Gasteiger charge is -2.24. The number of benzene rings is 2. The predicted octanol–water partition coefficient (Wildman–Crippen LogP) is 2.04. The lowest BCUT2D eigenvalue weighted by Crippen LogP contribution is -2.38. The van der Waals surface area contributed by atoms with Crippen molar-refractivity contribution in [2.24, 2.45) is 0 Å². The monoisotopic (exact) mass is 340 g/mol. The highest BCUT2D eigenvalue weighted by molar-refractivity contribution is 5.94. The van der Waals surface area contributed by atoms with E-state index in [1.165, 1.54) is 30.6 Å². The summed E-state index contributed by atoms with van der Waals surface area (Å²) in [6.45, 7) is 1.57. The topological polar surface area (TPSA) is 80.0 Å². The minimum Gasteiger partial charge on any atom is -0.384 e. The number of aliphatic hydroxyl groups is 1. The molecular weight excluding hydrogens is 323 g/mol. The molecule has 25 heavy (non-hydrogen) atoms. The van der Waals surface area contributed by atoms with E-state index in [9.17, 15) is 14.3 Å². The summed E-state index contributed by atoms with van der Waals surface area (Å²) >= 11 is 0. The molecule has 2 aromatic carbocycles. The smallest absolute Gasteiger partial charge is 0.251 e. The van der Waals surface area contributed by atoms with Crippen LogP contribution in [0.4, 0.5) is 4.39 Å². The Morgan fingerprint density at radius 3 is 2.48 bits per heavy atom. The highest BCUT2D eigenvalue weighted by atomic mass is 19.1. The normalized spacial score (nSPS) is 13.2. The van der Waals surface area contributed by atoms with Gasteiger partial charge in [0.25, 0.3) is 5.91 Å². The number of aromatic nitrogens is 3. The first-order valence-corrected chi connectivity index (χ1v) is 7.67. The number of halogens is 1. The van der Waals surface area contributed by atoms with Gasteiger partial charge in [-0.05, 0) is 48.9 Å². The van der Waals surface area contributed by atoms with Crippen LogP contribution in [0.3, 0.4) is 0 Å². The summed E-state index contributed by atoms with van der Waals surface area (Å²) < 4.78 is 14.6. The number of nitrogens with one attached hydrogen (secondary N) is 1. The van der Waals surface area contributed by atoms with Gasteiger partial charge in [0.1, 0.15) is 24.1 Å². The molecule has 3 rings (SSSR count). The van der Waals surface area contributed by atoms with Gasteiger partial charge in [0.05, 0.1) is 12.2 Å². The van der Waals surface area contributed by atoms with Crippen LogP contribution in [0.15, 0.2) is 61.2 Å². The minimum absolute atomic E-state index is 0.00228. The fourth-order valence-corrected chi connectivity index (χ4v) is 2.37. The lowest BCUT2D eigenvalue weighted by atomic mass is 9.96. The fraction of sp³-hybridized carbons (Fsp3) is 0.167. The van der Waals surface area contributed by atoms with Crippen LogP contribution in [-0.4, -0.2) is 32.3 Å². The van der Waals surface area contributed by atoms with E-state index in [1.807, 2.05) is 0 Å². The van der Waals surface area contributed by atoms with Crippen molar-refractivity contribution in [3.05, 3.63) is 78.1 Å². The zero-order chi connectivity index (χ0) is 17.9. The molecule has 0 radical (unpaired) electrons. The summed E-state index contributed by atoms with van der Waals surface area (Å²) in [5.74, 6) is -0.691. The van der Waals surface area contributed by atoms with E-state index in [0.717, 1.165) is 5.69 Å². The summed E-state index contributed by atoms with van der Waals surface area (Å²) in [5, 5.41) is 17.2. The van der Waals surface area contributed by atoms with E-state index < -0.39 is 5.60 Å². The number of hydrogen-bond donors (Lipinski definition) is 2. The fourth-order valence-electron chi connectivity index (χ4n) is 2.37. The van der Waals surface area contributed by atoms with Gasteiger partial charge in [0.15, 0.2) is 0 Å². The molecule has 0 aliphatic rings. The van der Waals surface area contributed by atoms with Gasteiger partial charge in [0, 0.05) is 5.56 Å². The molecular formula is C18H17FN4O2. The Balaban J connectivity index is 1.65. The van der Waals surface area contributed by atoms with Crippen molar-refractivity contribution in [2.45, 2.75) is 12.5 Å². The standard InChI is InChI=1S/C18H17FN4O2/c1-18(25,14-4-6-15(19)7-5-14)10-21-17(24)13-2-8-16(9-3-13)23-12-20-11-22-23/h2-9,11-12,25H,10H2,1H3,(H,21,24). The van der Waals surface area contributed by atoms with Gasteiger partial charge in [-0.15, -0.1) is 0 Å². The van der Waals surface area contributed by atoms with Gasteiger partial charge in [-0.25, -0.2) is 14.1 Å². The SMILES string of the molecule is CC(O)(CNC(=O)c1ccc(-n2cncn2)cc1)c1ccc(F)cc1. The molecule has 128 valence electrons. The van der Waals surface area contributed by atoms with Gasteiger partial charge in [-0.1, -0.05) is 12.1 Å². The Morgan fingerprint density at radius 1 is 1.20 bits per heavy atom. The van der Waals surface area contributed by atoms with Crippen molar-refractivity contribution in [1.82, 2.24) is 20.1 Å². The van der Waals surface area contributed by atoms with Gasteiger partial charge in [-0.2, -0.15) is 5.10 Å². The van der Waals surface area contributed by atoms with Crippen molar-refractivity contribution in [2.75, 3.05) is 6.54 Å². The summed E-state index contributed by atoms with van der Waals surface area (Å²) in [4.78, 5) is 16.1. The molecule has 0 spiro atoms. The Morgan fingerprint density at radius 2 is 1.88 bits per heavy atom. The van der Waals surface area contributed by atoms with Crippen LogP contribution in [0.1, 0.15) is 22.8 Å². The van der Waals surface area contributed by atoms with E-state index in [1.54, 1.807) is 42.2 Å². The molecule has 0 fully saturated rings. The first-order chi connectivity index (χ1) is 12.0. The number of rotatable bonds is 5. The van der Waals surface area contributed by atoms with Gasteiger partial charge < -0.3 is 10.4 Å². The number of hydrogen-bond acceptors (Lipinski definition) is 4. The average Bonchev–Trinajstić information content (AvgIpc) is 3.15. The molecule has 0 bridgehead atoms. The Hall–Kier alpha value is -3.06. The summed E-state index contributed by atoms with van der Waals surface area (Å²) in [7, 11) is 0. The van der Waals surface area contributed by atoms with E-state index in [0.29, 0.717) is 11.1 Å². The number of amides is 1. The molecule has 1 aromatic heterocycles. The molecule has 1 heterocycles. The summed E-state index contributed by atoms with van der Waals surface area (Å²) in [6.07, 6.45) is 2.99. The minimum atomic E-state index is -1.30. The Kier molecular flexibility index (Phi) is 4.58. The van der Waals surface area contributed by atoms with Crippen LogP contribution < -0.4 is 5.32 Å². The van der Waals surface area contributed by atoms with Gasteiger partial charge >= 0.3 is 0 Å². The molecule has 2 N–H and O–H groups in total. The van der Waals surface area contributed by atoms with Crippen LogP contribution in [0.5, 0.6) is 0 Å². The Bertz CT molecular complexity index is 844. The van der Waals surface area contributed by atoms with Crippen LogP contribution >= 0.6 is 0 Å². The summed E-state index contributed by atoms with van der Waals surface area (Å²) in [6, 6.07) is 12.4. The van der Waals surface area contributed by atoms with Crippen LogP contribution in [0.25, 0.3) is 5.69 Å². The van der Waals surface area contributed by atoms with Crippen molar-refractivity contribution >= 4 is 5.91 Å². The van der Waals surface area contributed by atoms with E-state index in [2.05, 4.69) is 15.4 Å². The molecule has 1 amide bonds. The van der Waals surface area contributed by atoms with Crippen molar-refractivity contribution in [3.63, 3.8) is 0 Å². The van der Waals surface area contributed by atoms with Crippen molar-refractivity contribution in [3.8, 4) is 5.69 Å². The molecule has 0 aliphatic carbocycles. The first kappa shape index (κ1) is 16.8. The van der Waals surface area contributed by atoms with E-state index in [-0.39, 0.29) is 18.3 Å². The zero-order valence-corrected chi connectivity index (χ0v) is 13.6. The third-order valence-electron chi connectivity index (χ3n) is 3.87. The third-order valence-corrected chi connectivity index (χ3v) is 3.87. The van der Waals surface area contributed by atoms with Gasteiger partial charge in [-0.3, -0.25) is 4.79 Å². The highest BCUT2D eigenvalue weighted by Crippen LogP contribution is 2.20. The number of carbonyl (C=O) groups is 1. The molecule has 3 aromatic rings. The van der Waals surface area contributed by atoms with Crippen LogP contribution in [0.2, 0.25) is 0 Å². The molecule has 6 nitrogen and oxygen atoms in total. The third kappa shape index (κ3) is 3.89. The molecule has 7 heteroatoms. The molecule has 0 aliphatic heterocycles. The lowest BCUT2D eigenvalue weighted by molar-refractivity contribution is 0.0526. The van der Waals surface area contributed by atoms with Gasteiger partial charge in [0.2, 0.25) is 0 Å². The predicted molar refractivity (Wildman–Crippen MR) is 89.7 cm³/mol. The average molecular weight is 340 g/mol. The maximum Gasteiger partial charge on any atom is 0.251 e. The molecule has 1 atom stereocenters. The highest BCUT2D eigenvalue weighted by Gasteiger charge is 2.24. The van der Waals surface area contributed by atoms with Crippen LogP contribution in [-0.2, 0) is 5.60 Å². The first-order valence-electron chi connectivity index (χ1n) is 7.67. The maximum atomic E-state index is 13.0. The molecule has 1 unspecified atom stereocenters. The molecule has 0 saturated carbocycles.